The van der Waals surface area contributed by atoms with Crippen LogP contribution in [0.4, 0.5) is 0 Å². The van der Waals surface area contributed by atoms with Gasteiger partial charge in [-0.15, -0.1) is 0 Å². The maximum atomic E-state index is 6.68. The first-order valence-corrected chi connectivity index (χ1v) is 12.8. The van der Waals surface area contributed by atoms with E-state index in [4.69, 9.17) is 5.73 Å². The van der Waals surface area contributed by atoms with Gasteiger partial charge in [0.15, 0.2) is 0 Å². The summed E-state index contributed by atoms with van der Waals surface area (Å²) in [4.78, 5) is 0. The molecule has 0 aromatic heterocycles. The van der Waals surface area contributed by atoms with Gasteiger partial charge in [-0.05, 0) is 112 Å². The largest absolute Gasteiger partial charge is 0.328 e. The van der Waals surface area contributed by atoms with Crippen molar-refractivity contribution in [3.05, 3.63) is 23.3 Å². The summed E-state index contributed by atoms with van der Waals surface area (Å²) in [6, 6.07) is 0.467. The van der Waals surface area contributed by atoms with E-state index in [1.54, 1.807) is 0 Å². The summed E-state index contributed by atoms with van der Waals surface area (Å²) in [5.41, 5.74) is 11.2. The first-order valence-electron chi connectivity index (χ1n) is 12.8. The van der Waals surface area contributed by atoms with Gasteiger partial charge >= 0.3 is 0 Å². The lowest BCUT2D eigenvalue weighted by molar-refractivity contribution is 0.0473. The second-order valence-corrected chi connectivity index (χ2v) is 11.9. The smallest absolute Gasteiger partial charge is 0.00457 e. The van der Waals surface area contributed by atoms with Gasteiger partial charge in [0, 0.05) is 11.5 Å². The Hall–Kier alpha value is -0.560. The van der Waals surface area contributed by atoms with Gasteiger partial charge in [-0.1, -0.05) is 43.6 Å². The molecule has 0 saturated heterocycles. The second-order valence-electron chi connectivity index (χ2n) is 11.9. The molecule has 3 fully saturated rings. The third-order valence-corrected chi connectivity index (χ3v) is 10.6. The number of hydrogen-bond acceptors (Lipinski definition) is 1. The van der Waals surface area contributed by atoms with Crippen molar-refractivity contribution >= 4 is 0 Å². The summed E-state index contributed by atoms with van der Waals surface area (Å²) >= 11 is 0. The third kappa shape index (κ3) is 2.29. The highest BCUT2D eigenvalue weighted by atomic mass is 14.8. The van der Waals surface area contributed by atoms with E-state index < -0.39 is 0 Å². The molecule has 28 heavy (non-hydrogen) atoms. The topological polar surface area (TPSA) is 26.0 Å². The second kappa shape index (κ2) is 6.47. The number of allylic oxidation sites excluding steroid dienone is 4. The van der Waals surface area contributed by atoms with Crippen LogP contribution < -0.4 is 5.73 Å². The van der Waals surface area contributed by atoms with Crippen LogP contribution in [0.1, 0.15) is 84.5 Å². The van der Waals surface area contributed by atoms with Gasteiger partial charge in [0.05, 0.1) is 0 Å². The predicted octanol–water partition coefficient (Wildman–Crippen LogP) is 6.50. The Morgan fingerprint density at radius 1 is 0.857 bits per heavy atom. The molecule has 6 aliphatic rings. The highest BCUT2D eigenvalue weighted by Crippen LogP contribution is 2.75. The summed E-state index contributed by atoms with van der Waals surface area (Å²) in [7, 11) is 0. The Bertz CT molecular complexity index is 675. The lowest BCUT2D eigenvalue weighted by Gasteiger charge is -2.50. The van der Waals surface area contributed by atoms with Crippen molar-refractivity contribution < 1.29 is 0 Å². The Morgan fingerprint density at radius 2 is 1.61 bits per heavy atom. The average molecular weight is 380 g/mol. The molecule has 0 aromatic rings. The number of nitrogens with two attached hydrogens (primary N) is 1. The van der Waals surface area contributed by atoms with E-state index >= 15 is 0 Å². The Balaban J connectivity index is 1.55. The lowest BCUT2D eigenvalue weighted by atomic mass is 9.54. The lowest BCUT2D eigenvalue weighted by Crippen LogP contribution is -2.46. The minimum Gasteiger partial charge on any atom is -0.328 e. The van der Waals surface area contributed by atoms with E-state index in [0.717, 1.165) is 47.3 Å². The maximum Gasteiger partial charge on any atom is 0.00457 e. The van der Waals surface area contributed by atoms with Crippen LogP contribution in [-0.2, 0) is 0 Å². The third-order valence-electron chi connectivity index (χ3n) is 10.6. The molecule has 1 heteroatoms. The van der Waals surface area contributed by atoms with Gasteiger partial charge in [-0.2, -0.15) is 0 Å². The van der Waals surface area contributed by atoms with Crippen LogP contribution in [0.2, 0.25) is 0 Å². The van der Waals surface area contributed by atoms with Crippen molar-refractivity contribution in [3.63, 3.8) is 0 Å². The van der Waals surface area contributed by atoms with Gasteiger partial charge in [-0.25, -0.2) is 0 Å². The molecular weight excluding hydrogens is 338 g/mol. The zero-order chi connectivity index (χ0) is 19.0. The van der Waals surface area contributed by atoms with Gasteiger partial charge in [0.25, 0.3) is 0 Å². The number of rotatable bonds is 0. The molecule has 0 heterocycles. The standard InChI is InChI=1S/C27H41N/c1-16-8-12-24-22(13-16)19-5-3-4-6-23(19)27(24)25-14-17(2)7-10-20(25)21-11-9-18(28)15-26(21)27/h8,12,16-18,20-22,24-26H,3-7,9-11,13-15,28H2,1-2H3. The summed E-state index contributed by atoms with van der Waals surface area (Å²) in [5, 5.41) is 0. The summed E-state index contributed by atoms with van der Waals surface area (Å²) in [6.07, 6.45) is 21.1. The van der Waals surface area contributed by atoms with Crippen molar-refractivity contribution in [1.29, 1.82) is 0 Å². The fourth-order valence-corrected chi connectivity index (χ4v) is 9.93. The molecule has 0 bridgehead atoms. The SMILES string of the molecule is CC1C=CC2C(C1)C1=C(CCCC1)C21C2CC(C)CCC2C2CCC(N)CC21. The highest BCUT2D eigenvalue weighted by molar-refractivity contribution is 5.42. The van der Waals surface area contributed by atoms with Crippen molar-refractivity contribution in [1.82, 2.24) is 0 Å². The van der Waals surface area contributed by atoms with E-state index in [1.165, 1.54) is 70.6 Å². The summed E-state index contributed by atoms with van der Waals surface area (Å²) in [6.45, 7) is 5.01. The molecule has 10 atom stereocenters. The number of hydrogen-bond donors (Lipinski definition) is 1. The molecule has 2 N–H and O–H groups in total. The minimum absolute atomic E-state index is 0.467. The van der Waals surface area contributed by atoms with Gasteiger partial charge in [-0.3, -0.25) is 0 Å². The first kappa shape index (κ1) is 18.2. The fraction of sp³-hybridized carbons (Fsp3) is 0.852. The Kier molecular flexibility index (Phi) is 4.21. The van der Waals surface area contributed by atoms with Crippen LogP contribution in [0.3, 0.4) is 0 Å². The van der Waals surface area contributed by atoms with Crippen LogP contribution in [0.15, 0.2) is 23.3 Å². The van der Waals surface area contributed by atoms with Gasteiger partial charge in [0.2, 0.25) is 0 Å². The zero-order valence-corrected chi connectivity index (χ0v) is 18.2. The molecule has 6 rings (SSSR count). The molecule has 1 nitrogen and oxygen atoms in total. The van der Waals surface area contributed by atoms with E-state index in [9.17, 15) is 0 Å². The molecule has 3 saturated carbocycles. The maximum absolute atomic E-state index is 6.68. The fourth-order valence-electron chi connectivity index (χ4n) is 9.93. The van der Waals surface area contributed by atoms with E-state index in [0.29, 0.717) is 11.5 Å². The van der Waals surface area contributed by atoms with Gasteiger partial charge < -0.3 is 5.73 Å². The van der Waals surface area contributed by atoms with Crippen molar-refractivity contribution in [2.75, 3.05) is 0 Å². The van der Waals surface area contributed by atoms with E-state index in [1.807, 2.05) is 11.1 Å². The molecule has 0 aliphatic heterocycles. The van der Waals surface area contributed by atoms with Crippen LogP contribution in [0.25, 0.3) is 0 Å². The van der Waals surface area contributed by atoms with Crippen molar-refractivity contribution in [3.8, 4) is 0 Å². The van der Waals surface area contributed by atoms with E-state index in [-0.39, 0.29) is 0 Å². The molecule has 6 aliphatic carbocycles. The quantitative estimate of drug-likeness (QED) is 0.478. The minimum atomic E-state index is 0.467. The van der Waals surface area contributed by atoms with Crippen LogP contribution in [0.5, 0.6) is 0 Å². The predicted molar refractivity (Wildman–Crippen MR) is 117 cm³/mol. The monoisotopic (exact) mass is 379 g/mol. The molecule has 0 amide bonds. The van der Waals surface area contributed by atoms with Crippen LogP contribution >= 0.6 is 0 Å². The van der Waals surface area contributed by atoms with E-state index in [2.05, 4.69) is 26.0 Å². The van der Waals surface area contributed by atoms with Crippen LogP contribution in [0, 0.1) is 52.8 Å². The van der Waals surface area contributed by atoms with Crippen molar-refractivity contribution in [2.45, 2.75) is 90.5 Å². The molecule has 10 unspecified atom stereocenters. The van der Waals surface area contributed by atoms with Crippen LogP contribution in [-0.4, -0.2) is 6.04 Å². The highest BCUT2D eigenvalue weighted by Gasteiger charge is 2.68. The molecule has 154 valence electrons. The average Bonchev–Trinajstić information content (AvgIpc) is 3.14. The van der Waals surface area contributed by atoms with Gasteiger partial charge in [0.1, 0.15) is 0 Å². The first-order chi connectivity index (χ1) is 13.6. The molecule has 1 spiro atoms. The molecule has 0 radical (unpaired) electrons. The summed E-state index contributed by atoms with van der Waals surface area (Å²) < 4.78 is 0. The number of fused-ring (bicyclic) bond motifs is 9. The Morgan fingerprint density at radius 3 is 2.46 bits per heavy atom. The summed E-state index contributed by atoms with van der Waals surface area (Å²) in [5.74, 6) is 7.27. The van der Waals surface area contributed by atoms with Crippen molar-refractivity contribution in [2.24, 2.45) is 58.5 Å². The Labute approximate surface area is 172 Å². The molecule has 0 aromatic carbocycles. The zero-order valence-electron chi connectivity index (χ0n) is 18.2. The normalized spacial score (nSPS) is 55.0. The molecular formula is C27H41N.